The van der Waals surface area contributed by atoms with Crippen LogP contribution in [0.5, 0.6) is 0 Å². The molecule has 2 N–H and O–H groups in total. The van der Waals surface area contributed by atoms with E-state index in [2.05, 4.69) is 0 Å². The van der Waals surface area contributed by atoms with E-state index in [9.17, 15) is 4.79 Å². The van der Waals surface area contributed by atoms with Crippen LogP contribution in [0.15, 0.2) is 0 Å². The topological polar surface area (TPSA) is 46.3 Å². The SMILES string of the molecule is Br.CN(C)CC(N)=O. The zero-order chi connectivity index (χ0) is 5.86. The summed E-state index contributed by atoms with van der Waals surface area (Å²) in [5.41, 5.74) is 4.81. The molecule has 3 nitrogen and oxygen atoms in total. The summed E-state index contributed by atoms with van der Waals surface area (Å²) in [6.45, 7) is 0.333. The number of halogens is 1. The van der Waals surface area contributed by atoms with Crippen LogP contribution in [-0.4, -0.2) is 31.4 Å². The first-order valence-electron chi connectivity index (χ1n) is 2.06. The molecular weight excluding hydrogens is 172 g/mol. The quantitative estimate of drug-likeness (QED) is 0.633. The predicted octanol–water partition coefficient (Wildman–Crippen LogP) is -0.389. The normalized spacial score (nSPS) is 8.38. The second kappa shape index (κ2) is 5.05. The zero-order valence-corrected chi connectivity index (χ0v) is 6.76. The highest BCUT2D eigenvalue weighted by molar-refractivity contribution is 8.93. The van der Waals surface area contributed by atoms with Crippen molar-refractivity contribution in [2.45, 2.75) is 0 Å². The van der Waals surface area contributed by atoms with Crippen molar-refractivity contribution in [2.24, 2.45) is 5.73 Å². The highest BCUT2D eigenvalue weighted by Crippen LogP contribution is 1.67. The van der Waals surface area contributed by atoms with Crippen LogP contribution in [-0.2, 0) is 4.79 Å². The van der Waals surface area contributed by atoms with Crippen LogP contribution in [0.3, 0.4) is 0 Å². The monoisotopic (exact) mass is 182 g/mol. The van der Waals surface area contributed by atoms with Gasteiger partial charge in [0, 0.05) is 0 Å². The van der Waals surface area contributed by atoms with E-state index >= 15 is 0 Å². The summed E-state index contributed by atoms with van der Waals surface area (Å²) in [6.07, 6.45) is 0. The van der Waals surface area contributed by atoms with Crippen LogP contribution in [0, 0.1) is 0 Å². The van der Waals surface area contributed by atoms with Crippen molar-refractivity contribution >= 4 is 22.9 Å². The van der Waals surface area contributed by atoms with Gasteiger partial charge < -0.3 is 10.6 Å². The molecule has 8 heavy (non-hydrogen) atoms. The minimum absolute atomic E-state index is 0. The Balaban J connectivity index is 0. The number of carbonyl (C=O) groups excluding carboxylic acids is 1. The van der Waals surface area contributed by atoms with Crippen LogP contribution >= 0.6 is 17.0 Å². The van der Waals surface area contributed by atoms with Gasteiger partial charge in [0.25, 0.3) is 0 Å². The highest BCUT2D eigenvalue weighted by atomic mass is 79.9. The molecule has 0 rings (SSSR count). The van der Waals surface area contributed by atoms with Crippen LogP contribution in [0.2, 0.25) is 0 Å². The predicted molar refractivity (Wildman–Crippen MR) is 38.1 cm³/mol. The van der Waals surface area contributed by atoms with Gasteiger partial charge in [-0.3, -0.25) is 4.79 Å². The fourth-order valence-corrected chi connectivity index (χ4v) is 0.312. The number of primary amides is 1. The summed E-state index contributed by atoms with van der Waals surface area (Å²) >= 11 is 0. The Bertz CT molecular complexity index is 74.4. The van der Waals surface area contributed by atoms with E-state index in [4.69, 9.17) is 5.73 Å². The van der Waals surface area contributed by atoms with Gasteiger partial charge in [-0.1, -0.05) is 0 Å². The second-order valence-electron chi connectivity index (χ2n) is 1.70. The lowest BCUT2D eigenvalue weighted by molar-refractivity contribution is -0.118. The molecular formula is C4H11BrN2O. The van der Waals surface area contributed by atoms with Gasteiger partial charge in [0.05, 0.1) is 6.54 Å². The molecule has 0 aromatic carbocycles. The fourth-order valence-electron chi connectivity index (χ4n) is 0.312. The van der Waals surface area contributed by atoms with E-state index in [0.29, 0.717) is 6.54 Å². The Morgan fingerprint density at radius 3 is 2.00 bits per heavy atom. The fraction of sp³-hybridized carbons (Fsp3) is 0.750. The van der Waals surface area contributed by atoms with Crippen molar-refractivity contribution in [1.29, 1.82) is 0 Å². The summed E-state index contributed by atoms with van der Waals surface area (Å²) in [5, 5.41) is 0. The smallest absolute Gasteiger partial charge is 0.231 e. The zero-order valence-electron chi connectivity index (χ0n) is 5.05. The maximum atomic E-state index is 9.99. The lowest BCUT2D eigenvalue weighted by atomic mass is 10.6. The van der Waals surface area contributed by atoms with E-state index in [0.717, 1.165) is 0 Å². The maximum absolute atomic E-state index is 9.99. The van der Waals surface area contributed by atoms with Crippen molar-refractivity contribution in [3.8, 4) is 0 Å². The molecule has 0 saturated carbocycles. The van der Waals surface area contributed by atoms with E-state index in [1.54, 1.807) is 19.0 Å². The van der Waals surface area contributed by atoms with Crippen LogP contribution in [0.1, 0.15) is 0 Å². The van der Waals surface area contributed by atoms with Crippen molar-refractivity contribution < 1.29 is 4.79 Å². The molecule has 0 saturated heterocycles. The number of likely N-dealkylation sites (N-methyl/N-ethyl adjacent to an activating group) is 1. The Kier molecular flexibility index (Phi) is 6.83. The molecule has 0 radical (unpaired) electrons. The number of carbonyl (C=O) groups is 1. The molecule has 0 aliphatic rings. The Hall–Kier alpha value is -0.0900. The third-order valence-electron chi connectivity index (χ3n) is 0.472. The first-order valence-corrected chi connectivity index (χ1v) is 2.06. The van der Waals surface area contributed by atoms with Gasteiger partial charge in [-0.15, -0.1) is 17.0 Å². The largest absolute Gasteiger partial charge is 0.369 e. The molecule has 0 bridgehead atoms. The van der Waals surface area contributed by atoms with Gasteiger partial charge in [-0.25, -0.2) is 0 Å². The lowest BCUT2D eigenvalue weighted by Crippen LogP contribution is -2.27. The molecule has 0 aliphatic carbocycles. The summed E-state index contributed by atoms with van der Waals surface area (Å²) in [5.74, 6) is -0.287. The molecule has 0 aliphatic heterocycles. The van der Waals surface area contributed by atoms with Gasteiger partial charge in [0.2, 0.25) is 5.91 Å². The lowest BCUT2D eigenvalue weighted by Gasteiger charge is -2.02. The van der Waals surface area contributed by atoms with Gasteiger partial charge in [0.1, 0.15) is 0 Å². The first kappa shape index (κ1) is 10.8. The molecule has 0 heterocycles. The van der Waals surface area contributed by atoms with Gasteiger partial charge in [-0.2, -0.15) is 0 Å². The van der Waals surface area contributed by atoms with Crippen molar-refractivity contribution in [2.75, 3.05) is 20.6 Å². The standard InChI is InChI=1S/C4H10N2O.BrH/c1-6(2)3-4(5)7;/h3H2,1-2H3,(H2,5,7);1H. The number of nitrogens with zero attached hydrogens (tertiary/aromatic N) is 1. The molecule has 0 fully saturated rings. The minimum Gasteiger partial charge on any atom is -0.369 e. The summed E-state index contributed by atoms with van der Waals surface area (Å²) < 4.78 is 0. The molecule has 0 unspecified atom stereocenters. The molecule has 50 valence electrons. The Morgan fingerprint density at radius 1 is 1.62 bits per heavy atom. The number of amides is 1. The third kappa shape index (κ3) is 9.32. The number of hydrogen-bond acceptors (Lipinski definition) is 2. The van der Waals surface area contributed by atoms with Gasteiger partial charge in [0.15, 0.2) is 0 Å². The third-order valence-corrected chi connectivity index (χ3v) is 0.472. The number of hydrogen-bond donors (Lipinski definition) is 1. The molecule has 1 amide bonds. The van der Waals surface area contributed by atoms with Crippen LogP contribution in [0.4, 0.5) is 0 Å². The Labute approximate surface area is 59.6 Å². The second-order valence-corrected chi connectivity index (χ2v) is 1.70. The highest BCUT2D eigenvalue weighted by Gasteiger charge is 1.92. The average Bonchev–Trinajstić information content (AvgIpc) is 1.27. The molecule has 0 aromatic heterocycles. The van der Waals surface area contributed by atoms with Crippen molar-refractivity contribution in [3.63, 3.8) is 0 Å². The maximum Gasteiger partial charge on any atom is 0.231 e. The minimum atomic E-state index is -0.287. The molecule has 0 spiro atoms. The van der Waals surface area contributed by atoms with E-state index in [1.165, 1.54) is 0 Å². The van der Waals surface area contributed by atoms with Gasteiger partial charge >= 0.3 is 0 Å². The summed E-state index contributed by atoms with van der Waals surface area (Å²) in [6, 6.07) is 0. The molecule has 4 heteroatoms. The van der Waals surface area contributed by atoms with Crippen LogP contribution < -0.4 is 5.73 Å². The van der Waals surface area contributed by atoms with Crippen molar-refractivity contribution in [1.82, 2.24) is 4.90 Å². The first-order chi connectivity index (χ1) is 3.13. The van der Waals surface area contributed by atoms with E-state index in [-0.39, 0.29) is 22.9 Å². The molecule has 0 atom stereocenters. The average molecular weight is 183 g/mol. The van der Waals surface area contributed by atoms with Crippen molar-refractivity contribution in [3.05, 3.63) is 0 Å². The summed E-state index contributed by atoms with van der Waals surface area (Å²) in [4.78, 5) is 11.7. The number of rotatable bonds is 2. The Morgan fingerprint density at radius 2 is 2.00 bits per heavy atom. The van der Waals surface area contributed by atoms with Gasteiger partial charge in [-0.05, 0) is 14.1 Å². The van der Waals surface area contributed by atoms with E-state index in [1.807, 2.05) is 0 Å². The molecule has 0 aromatic rings. The summed E-state index contributed by atoms with van der Waals surface area (Å²) in [7, 11) is 3.59. The van der Waals surface area contributed by atoms with E-state index < -0.39 is 0 Å². The van der Waals surface area contributed by atoms with Crippen LogP contribution in [0.25, 0.3) is 0 Å². The number of nitrogens with two attached hydrogens (primary N) is 1.